The minimum Gasteiger partial charge on any atom is -0.508 e. The molecule has 1 N–H and O–H groups in total. The van der Waals surface area contributed by atoms with Crippen molar-refractivity contribution in [2.75, 3.05) is 0 Å². The lowest BCUT2D eigenvalue weighted by Gasteiger charge is -2.08. The fourth-order valence-corrected chi connectivity index (χ4v) is 1.71. The third kappa shape index (κ3) is 2.20. The van der Waals surface area contributed by atoms with Crippen LogP contribution in [0.4, 0.5) is 0 Å². The van der Waals surface area contributed by atoms with Gasteiger partial charge in [0, 0.05) is 29.5 Å². The largest absolute Gasteiger partial charge is 0.508 e. The molecule has 5 heteroatoms. The molecule has 0 aliphatic carbocycles. The fourth-order valence-electron chi connectivity index (χ4n) is 1.71. The molecule has 0 fully saturated rings. The first-order chi connectivity index (χ1) is 8.49. The van der Waals surface area contributed by atoms with Crippen LogP contribution in [0.2, 0.25) is 0 Å². The quantitative estimate of drug-likeness (QED) is 0.648. The van der Waals surface area contributed by atoms with E-state index in [2.05, 4.69) is 0 Å². The number of esters is 1. The Morgan fingerprint density at radius 2 is 2.17 bits per heavy atom. The van der Waals surface area contributed by atoms with E-state index in [1.807, 2.05) is 0 Å². The maximum absolute atomic E-state index is 11.4. The first-order valence-corrected chi connectivity index (χ1v) is 5.37. The topological polar surface area (TPSA) is 76.7 Å². The van der Waals surface area contributed by atoms with E-state index in [4.69, 9.17) is 9.15 Å². The number of phenols is 1. The van der Waals surface area contributed by atoms with Crippen LogP contribution in [0.25, 0.3) is 11.0 Å². The minimum absolute atomic E-state index is 0.00164. The third-order valence-electron chi connectivity index (χ3n) is 2.65. The third-order valence-corrected chi connectivity index (χ3v) is 2.65. The van der Waals surface area contributed by atoms with Crippen molar-refractivity contribution in [2.24, 2.45) is 0 Å². The molecule has 1 aromatic carbocycles. The Morgan fingerprint density at radius 3 is 2.83 bits per heavy atom. The van der Waals surface area contributed by atoms with E-state index < -0.39 is 11.6 Å². The van der Waals surface area contributed by atoms with Crippen molar-refractivity contribution in [2.45, 2.75) is 20.5 Å². The van der Waals surface area contributed by atoms with E-state index in [0.717, 1.165) is 0 Å². The molecule has 2 aromatic rings. The standard InChI is InChI=1S/C13H12O5/c1-7-11(15)4-3-10-9(6-17-8(2)14)5-12(16)18-13(7)10/h3-5,15H,6H2,1-2H3. The summed E-state index contributed by atoms with van der Waals surface area (Å²) in [7, 11) is 0. The van der Waals surface area contributed by atoms with Crippen LogP contribution in [0, 0.1) is 6.92 Å². The van der Waals surface area contributed by atoms with E-state index in [9.17, 15) is 14.7 Å². The molecular formula is C13H12O5. The molecule has 0 spiro atoms. The predicted molar refractivity (Wildman–Crippen MR) is 64.4 cm³/mol. The number of ether oxygens (including phenoxy) is 1. The lowest BCUT2D eigenvalue weighted by Crippen LogP contribution is -2.05. The molecule has 0 atom stereocenters. The van der Waals surface area contributed by atoms with Crippen molar-refractivity contribution in [1.82, 2.24) is 0 Å². The van der Waals surface area contributed by atoms with Crippen molar-refractivity contribution in [3.63, 3.8) is 0 Å². The number of hydrogen-bond donors (Lipinski definition) is 1. The van der Waals surface area contributed by atoms with Crippen LogP contribution < -0.4 is 5.63 Å². The molecule has 18 heavy (non-hydrogen) atoms. The number of aryl methyl sites for hydroxylation is 1. The zero-order valence-corrected chi connectivity index (χ0v) is 10.0. The van der Waals surface area contributed by atoms with Crippen molar-refractivity contribution in [3.05, 3.63) is 39.7 Å². The molecule has 1 aromatic heterocycles. The van der Waals surface area contributed by atoms with Gasteiger partial charge >= 0.3 is 11.6 Å². The summed E-state index contributed by atoms with van der Waals surface area (Å²) in [6.07, 6.45) is 0. The van der Waals surface area contributed by atoms with Gasteiger partial charge in [0.15, 0.2) is 0 Å². The summed E-state index contributed by atoms with van der Waals surface area (Å²) in [5.74, 6) is -0.373. The number of rotatable bonds is 2. The van der Waals surface area contributed by atoms with E-state index in [0.29, 0.717) is 22.1 Å². The lowest BCUT2D eigenvalue weighted by molar-refractivity contribution is -0.142. The molecule has 94 valence electrons. The average molecular weight is 248 g/mol. The van der Waals surface area contributed by atoms with Crippen LogP contribution in [0.5, 0.6) is 5.75 Å². The molecule has 0 amide bonds. The van der Waals surface area contributed by atoms with Crippen molar-refractivity contribution >= 4 is 16.9 Å². The molecule has 0 aliphatic rings. The van der Waals surface area contributed by atoms with Gasteiger partial charge in [-0.2, -0.15) is 0 Å². The van der Waals surface area contributed by atoms with Gasteiger partial charge in [0.05, 0.1) is 0 Å². The number of carbonyl (C=O) groups is 1. The van der Waals surface area contributed by atoms with Crippen LogP contribution in [-0.4, -0.2) is 11.1 Å². The van der Waals surface area contributed by atoms with Crippen LogP contribution >= 0.6 is 0 Å². The van der Waals surface area contributed by atoms with E-state index in [1.54, 1.807) is 13.0 Å². The predicted octanol–water partition coefficient (Wildman–Crippen LogP) is 1.87. The number of hydrogen-bond acceptors (Lipinski definition) is 5. The zero-order valence-electron chi connectivity index (χ0n) is 10.0. The van der Waals surface area contributed by atoms with Crippen LogP contribution in [-0.2, 0) is 16.1 Å². The van der Waals surface area contributed by atoms with E-state index in [-0.39, 0.29) is 12.4 Å². The van der Waals surface area contributed by atoms with E-state index >= 15 is 0 Å². The lowest BCUT2D eigenvalue weighted by atomic mass is 10.1. The molecule has 1 heterocycles. The van der Waals surface area contributed by atoms with Crippen molar-refractivity contribution < 1.29 is 19.1 Å². The van der Waals surface area contributed by atoms with Crippen molar-refractivity contribution in [3.8, 4) is 5.75 Å². The molecule has 0 aliphatic heterocycles. The maximum atomic E-state index is 11.4. The molecule has 0 saturated carbocycles. The minimum atomic E-state index is -0.543. The summed E-state index contributed by atoms with van der Waals surface area (Å²) in [6.45, 7) is 2.95. The van der Waals surface area contributed by atoms with E-state index in [1.165, 1.54) is 19.1 Å². The maximum Gasteiger partial charge on any atom is 0.336 e. The molecule has 0 radical (unpaired) electrons. The second kappa shape index (κ2) is 4.52. The second-order valence-electron chi connectivity index (χ2n) is 3.96. The van der Waals surface area contributed by atoms with Gasteiger partial charge in [-0.15, -0.1) is 0 Å². The Labute approximate surface area is 103 Å². The summed E-state index contributed by atoms with van der Waals surface area (Å²) >= 11 is 0. The van der Waals surface area contributed by atoms with Gasteiger partial charge in [-0.1, -0.05) is 0 Å². The molecule has 0 bridgehead atoms. The first-order valence-electron chi connectivity index (χ1n) is 5.37. The molecule has 0 saturated heterocycles. The average Bonchev–Trinajstić information content (AvgIpc) is 2.31. The zero-order chi connectivity index (χ0) is 13.3. The SMILES string of the molecule is CC(=O)OCc1cc(=O)oc2c(C)c(O)ccc12. The highest BCUT2D eigenvalue weighted by atomic mass is 16.5. The van der Waals surface area contributed by atoms with Gasteiger partial charge in [-0.3, -0.25) is 4.79 Å². The first kappa shape index (κ1) is 12.2. The number of fused-ring (bicyclic) bond motifs is 1. The van der Waals surface area contributed by atoms with Crippen LogP contribution in [0.1, 0.15) is 18.1 Å². The highest BCUT2D eigenvalue weighted by Gasteiger charge is 2.11. The Bertz CT molecular complexity index is 669. The highest BCUT2D eigenvalue weighted by Crippen LogP contribution is 2.27. The van der Waals surface area contributed by atoms with Gasteiger partial charge < -0.3 is 14.3 Å². The van der Waals surface area contributed by atoms with Gasteiger partial charge in [0.25, 0.3) is 0 Å². The van der Waals surface area contributed by atoms with Gasteiger partial charge in [0.1, 0.15) is 17.9 Å². The summed E-state index contributed by atoms with van der Waals surface area (Å²) < 4.78 is 9.94. The Kier molecular flexibility index (Phi) is 3.06. The van der Waals surface area contributed by atoms with Crippen molar-refractivity contribution in [1.29, 1.82) is 0 Å². The van der Waals surface area contributed by atoms with Crippen LogP contribution in [0.3, 0.4) is 0 Å². The monoisotopic (exact) mass is 248 g/mol. The molecular weight excluding hydrogens is 236 g/mol. The molecule has 0 unspecified atom stereocenters. The van der Waals surface area contributed by atoms with Crippen LogP contribution in [0.15, 0.2) is 27.4 Å². The molecule has 2 rings (SSSR count). The Hall–Kier alpha value is -2.30. The number of phenolic OH excluding ortho intramolecular Hbond substituents is 1. The Balaban J connectivity index is 2.63. The Morgan fingerprint density at radius 1 is 1.44 bits per heavy atom. The molecule has 5 nitrogen and oxygen atoms in total. The normalized spacial score (nSPS) is 10.6. The van der Waals surface area contributed by atoms with Gasteiger partial charge in [-0.25, -0.2) is 4.79 Å². The summed E-state index contributed by atoms with van der Waals surface area (Å²) in [5, 5.41) is 10.2. The highest BCUT2D eigenvalue weighted by molar-refractivity contribution is 5.84. The van der Waals surface area contributed by atoms with Gasteiger partial charge in [0.2, 0.25) is 0 Å². The summed E-state index contributed by atoms with van der Waals surface area (Å²) in [4.78, 5) is 22.2. The summed E-state index contributed by atoms with van der Waals surface area (Å²) in [6, 6.07) is 4.41. The summed E-state index contributed by atoms with van der Waals surface area (Å²) in [5.41, 5.74) is 0.803. The van der Waals surface area contributed by atoms with Gasteiger partial charge in [-0.05, 0) is 19.1 Å². The second-order valence-corrected chi connectivity index (χ2v) is 3.96. The fraction of sp³-hybridized carbons (Fsp3) is 0.231. The number of benzene rings is 1. The smallest absolute Gasteiger partial charge is 0.336 e. The number of carbonyl (C=O) groups excluding carboxylic acids is 1. The number of aromatic hydroxyl groups is 1.